The summed E-state index contributed by atoms with van der Waals surface area (Å²) in [5.41, 5.74) is 0.554. The third-order valence-electron chi connectivity index (χ3n) is 3.18. The lowest BCUT2D eigenvalue weighted by molar-refractivity contribution is -0.143. The van der Waals surface area contributed by atoms with Gasteiger partial charge in [0, 0.05) is 0 Å². The van der Waals surface area contributed by atoms with Gasteiger partial charge in [0.2, 0.25) is 0 Å². The summed E-state index contributed by atoms with van der Waals surface area (Å²) in [5, 5.41) is 21.9. The van der Waals surface area contributed by atoms with Crippen LogP contribution in [0.3, 0.4) is 0 Å². The van der Waals surface area contributed by atoms with Crippen molar-refractivity contribution in [2.24, 2.45) is 5.92 Å². The second-order valence-electron chi connectivity index (χ2n) is 4.12. The average Bonchev–Trinajstić information content (AvgIpc) is 2.77. The molecule has 16 heavy (non-hydrogen) atoms. The maximum absolute atomic E-state index is 10.8. The number of aromatic nitrogens is 2. The molecule has 0 radical (unpaired) electrons. The van der Waals surface area contributed by atoms with Gasteiger partial charge in [-0.15, -0.1) is 0 Å². The molecule has 1 saturated carbocycles. The number of hydrogen-bond acceptors (Lipinski definition) is 3. The Hall–Kier alpha value is -1.83. The summed E-state index contributed by atoms with van der Waals surface area (Å²) in [4.78, 5) is 10.8. The van der Waals surface area contributed by atoms with Gasteiger partial charge in [-0.05, 0) is 31.7 Å². The van der Waals surface area contributed by atoms with Gasteiger partial charge < -0.3 is 5.11 Å². The van der Waals surface area contributed by atoms with Gasteiger partial charge in [-0.1, -0.05) is 0 Å². The quantitative estimate of drug-likeness (QED) is 0.818. The second kappa shape index (κ2) is 4.35. The maximum atomic E-state index is 10.8. The van der Waals surface area contributed by atoms with Crippen LogP contribution in [0, 0.1) is 17.2 Å². The topological polar surface area (TPSA) is 78.9 Å². The van der Waals surface area contributed by atoms with Crippen molar-refractivity contribution < 1.29 is 9.90 Å². The molecular formula is C11H13N3O2. The van der Waals surface area contributed by atoms with Crippen molar-refractivity contribution in [1.82, 2.24) is 9.78 Å². The Kier molecular flexibility index (Phi) is 2.91. The van der Waals surface area contributed by atoms with Crippen molar-refractivity contribution in [3.05, 3.63) is 18.0 Å². The molecule has 1 aliphatic carbocycles. The predicted molar refractivity (Wildman–Crippen MR) is 55.6 cm³/mol. The first kappa shape index (κ1) is 10.7. The van der Waals surface area contributed by atoms with Crippen LogP contribution in [0.25, 0.3) is 0 Å². The van der Waals surface area contributed by atoms with Gasteiger partial charge in [0.1, 0.15) is 11.8 Å². The highest BCUT2D eigenvalue weighted by molar-refractivity contribution is 5.70. The van der Waals surface area contributed by atoms with Crippen LogP contribution in [0.2, 0.25) is 0 Å². The zero-order valence-corrected chi connectivity index (χ0v) is 8.83. The molecule has 0 aliphatic heterocycles. The first-order valence-corrected chi connectivity index (χ1v) is 5.39. The minimum Gasteiger partial charge on any atom is -0.481 e. The molecule has 5 heteroatoms. The Labute approximate surface area is 93.3 Å². The monoisotopic (exact) mass is 219 g/mol. The number of rotatable bonds is 2. The normalized spacial score (nSPS) is 24.9. The van der Waals surface area contributed by atoms with Crippen LogP contribution in [0.1, 0.15) is 37.4 Å². The molecule has 1 N–H and O–H groups in total. The van der Waals surface area contributed by atoms with E-state index in [1.165, 1.54) is 0 Å². The second-order valence-corrected chi connectivity index (χ2v) is 4.12. The summed E-state index contributed by atoms with van der Waals surface area (Å²) in [6, 6.07) is 3.96. The molecule has 0 unspecified atom stereocenters. The molecule has 0 bridgehead atoms. The molecule has 5 nitrogen and oxygen atoms in total. The Balaban J connectivity index is 2.05. The lowest BCUT2D eigenvalue weighted by Crippen LogP contribution is -2.24. The van der Waals surface area contributed by atoms with Crippen molar-refractivity contribution in [3.8, 4) is 6.07 Å². The third-order valence-corrected chi connectivity index (χ3v) is 3.18. The fourth-order valence-electron chi connectivity index (χ4n) is 2.26. The summed E-state index contributed by atoms with van der Waals surface area (Å²) in [6.07, 6.45) is 4.53. The summed E-state index contributed by atoms with van der Waals surface area (Å²) in [7, 11) is 0. The number of carbonyl (C=O) groups is 1. The van der Waals surface area contributed by atoms with E-state index in [-0.39, 0.29) is 12.0 Å². The molecule has 0 amide bonds. The SMILES string of the molecule is N#Cc1ccnn1C1CCC(C(=O)O)CC1. The van der Waals surface area contributed by atoms with E-state index in [1.54, 1.807) is 16.9 Å². The van der Waals surface area contributed by atoms with E-state index in [9.17, 15) is 4.79 Å². The predicted octanol–water partition coefficient (Wildman–Crippen LogP) is 1.57. The molecule has 1 aliphatic rings. The molecule has 0 aromatic carbocycles. The van der Waals surface area contributed by atoms with Gasteiger partial charge in [-0.2, -0.15) is 10.4 Å². The third kappa shape index (κ3) is 1.91. The largest absolute Gasteiger partial charge is 0.481 e. The number of aliphatic carboxylic acids is 1. The van der Waals surface area contributed by atoms with Crippen LogP contribution in [0.15, 0.2) is 12.3 Å². The van der Waals surface area contributed by atoms with Gasteiger partial charge in [-0.25, -0.2) is 0 Å². The van der Waals surface area contributed by atoms with Crippen LogP contribution in [-0.4, -0.2) is 20.9 Å². The van der Waals surface area contributed by atoms with Gasteiger partial charge in [0.15, 0.2) is 0 Å². The fourth-order valence-corrected chi connectivity index (χ4v) is 2.26. The zero-order chi connectivity index (χ0) is 11.5. The number of carboxylic acid groups (broad SMARTS) is 1. The zero-order valence-electron chi connectivity index (χ0n) is 8.83. The molecule has 1 aromatic rings. The van der Waals surface area contributed by atoms with Crippen molar-refractivity contribution >= 4 is 5.97 Å². The van der Waals surface area contributed by atoms with Crippen molar-refractivity contribution in [1.29, 1.82) is 5.26 Å². The number of nitriles is 1. The van der Waals surface area contributed by atoms with Crippen molar-refractivity contribution in [3.63, 3.8) is 0 Å². The summed E-state index contributed by atoms with van der Waals surface area (Å²) in [6.45, 7) is 0. The standard InChI is InChI=1S/C11H13N3O2/c12-7-10-5-6-13-14(10)9-3-1-8(2-4-9)11(15)16/h5-6,8-9H,1-4H2,(H,15,16). The summed E-state index contributed by atoms with van der Waals surface area (Å²) >= 11 is 0. The van der Waals surface area contributed by atoms with Crippen molar-refractivity contribution in [2.75, 3.05) is 0 Å². The Morgan fingerprint density at radius 3 is 2.75 bits per heavy atom. The molecule has 1 heterocycles. The molecule has 0 atom stereocenters. The number of hydrogen-bond donors (Lipinski definition) is 1. The van der Waals surface area contributed by atoms with Crippen LogP contribution < -0.4 is 0 Å². The van der Waals surface area contributed by atoms with Crippen LogP contribution >= 0.6 is 0 Å². The van der Waals surface area contributed by atoms with E-state index in [0.717, 1.165) is 12.8 Å². The van der Waals surface area contributed by atoms with Crippen LogP contribution in [0.4, 0.5) is 0 Å². The maximum Gasteiger partial charge on any atom is 0.306 e. The molecular weight excluding hydrogens is 206 g/mol. The van der Waals surface area contributed by atoms with E-state index in [0.29, 0.717) is 18.5 Å². The van der Waals surface area contributed by atoms with Gasteiger partial charge in [-0.3, -0.25) is 9.48 Å². The highest BCUT2D eigenvalue weighted by Gasteiger charge is 2.27. The van der Waals surface area contributed by atoms with E-state index < -0.39 is 5.97 Å². The summed E-state index contributed by atoms with van der Waals surface area (Å²) in [5.74, 6) is -0.934. The lowest BCUT2D eigenvalue weighted by Gasteiger charge is -2.26. The Morgan fingerprint density at radius 2 is 2.19 bits per heavy atom. The molecule has 1 fully saturated rings. The van der Waals surface area contributed by atoms with E-state index in [4.69, 9.17) is 10.4 Å². The molecule has 84 valence electrons. The van der Waals surface area contributed by atoms with E-state index in [2.05, 4.69) is 11.2 Å². The van der Waals surface area contributed by atoms with Crippen LogP contribution in [-0.2, 0) is 4.79 Å². The number of carboxylic acids is 1. The molecule has 2 rings (SSSR count). The Morgan fingerprint density at radius 1 is 1.50 bits per heavy atom. The molecule has 0 spiro atoms. The molecule has 0 saturated heterocycles. The smallest absolute Gasteiger partial charge is 0.306 e. The lowest BCUT2D eigenvalue weighted by atomic mass is 9.86. The van der Waals surface area contributed by atoms with Gasteiger partial charge in [0.05, 0.1) is 18.2 Å². The minimum atomic E-state index is -0.709. The first-order chi connectivity index (χ1) is 7.72. The number of nitrogens with zero attached hydrogens (tertiary/aromatic N) is 3. The highest BCUT2D eigenvalue weighted by Crippen LogP contribution is 2.32. The minimum absolute atomic E-state index is 0.181. The van der Waals surface area contributed by atoms with Gasteiger partial charge >= 0.3 is 5.97 Å². The molecule has 1 aromatic heterocycles. The summed E-state index contributed by atoms with van der Waals surface area (Å²) < 4.78 is 1.72. The fraction of sp³-hybridized carbons (Fsp3) is 0.545. The van der Waals surface area contributed by atoms with Crippen LogP contribution in [0.5, 0.6) is 0 Å². The highest BCUT2D eigenvalue weighted by atomic mass is 16.4. The van der Waals surface area contributed by atoms with Crippen molar-refractivity contribution in [2.45, 2.75) is 31.7 Å². The Bertz CT molecular complexity index is 425. The average molecular weight is 219 g/mol. The van der Waals surface area contributed by atoms with E-state index in [1.807, 2.05) is 0 Å². The van der Waals surface area contributed by atoms with E-state index >= 15 is 0 Å². The van der Waals surface area contributed by atoms with Gasteiger partial charge in [0.25, 0.3) is 0 Å². The first-order valence-electron chi connectivity index (χ1n) is 5.39.